The van der Waals surface area contributed by atoms with Crippen LogP contribution in [0.25, 0.3) is 0 Å². The van der Waals surface area contributed by atoms with Gasteiger partial charge in [0.2, 0.25) is 0 Å². The highest BCUT2D eigenvalue weighted by Crippen LogP contribution is 2.40. The van der Waals surface area contributed by atoms with Crippen molar-refractivity contribution in [3.8, 4) is 0 Å². The minimum atomic E-state index is -0.0705. The number of halogens is 1. The maximum Gasteiger partial charge on any atom is 0.127 e. The Morgan fingerprint density at radius 1 is 1.00 bits per heavy atom. The molecule has 0 bridgehead atoms. The van der Waals surface area contributed by atoms with E-state index in [0.29, 0.717) is 17.8 Å². The van der Waals surface area contributed by atoms with Crippen molar-refractivity contribution in [3.05, 3.63) is 47.3 Å². The van der Waals surface area contributed by atoms with Crippen molar-refractivity contribution in [1.82, 2.24) is 0 Å². The minimum absolute atomic E-state index is 0.0705. The maximum absolute atomic E-state index is 13.9. The van der Waals surface area contributed by atoms with Crippen LogP contribution in [0.2, 0.25) is 0 Å². The maximum atomic E-state index is 13.9. The molecular formula is C16H21F. The largest absolute Gasteiger partial charge is 0.207 e. The molecule has 92 valence electrons. The van der Waals surface area contributed by atoms with Crippen LogP contribution in [0, 0.1) is 30.5 Å². The van der Waals surface area contributed by atoms with Crippen LogP contribution in [0.5, 0.6) is 0 Å². The van der Waals surface area contributed by atoms with Crippen molar-refractivity contribution in [2.75, 3.05) is 0 Å². The number of rotatable bonds is 1. The molecule has 1 aromatic rings. The lowest BCUT2D eigenvalue weighted by molar-refractivity contribution is 0.276. The summed E-state index contributed by atoms with van der Waals surface area (Å²) in [4.78, 5) is 0. The van der Waals surface area contributed by atoms with E-state index in [4.69, 9.17) is 0 Å². The van der Waals surface area contributed by atoms with Gasteiger partial charge in [-0.3, -0.25) is 0 Å². The molecule has 0 aromatic heterocycles. The molecule has 0 N–H and O–H groups in total. The summed E-state index contributed by atoms with van der Waals surface area (Å²) in [7, 11) is 0. The van der Waals surface area contributed by atoms with Gasteiger partial charge in [0.15, 0.2) is 0 Å². The van der Waals surface area contributed by atoms with E-state index in [-0.39, 0.29) is 11.7 Å². The molecule has 0 radical (unpaired) electrons. The van der Waals surface area contributed by atoms with Crippen molar-refractivity contribution in [1.29, 1.82) is 0 Å². The van der Waals surface area contributed by atoms with Crippen LogP contribution in [-0.2, 0) is 0 Å². The Labute approximate surface area is 104 Å². The van der Waals surface area contributed by atoms with Crippen LogP contribution >= 0.6 is 0 Å². The van der Waals surface area contributed by atoms with Crippen molar-refractivity contribution < 1.29 is 4.39 Å². The number of benzene rings is 1. The monoisotopic (exact) mass is 232 g/mol. The van der Waals surface area contributed by atoms with E-state index in [1.165, 1.54) is 0 Å². The van der Waals surface area contributed by atoms with E-state index in [9.17, 15) is 4.39 Å². The molecule has 3 unspecified atom stereocenters. The Bertz CT molecular complexity index is 433. The average Bonchev–Trinajstić information content (AvgIpc) is 2.30. The van der Waals surface area contributed by atoms with Gasteiger partial charge in [0, 0.05) is 5.92 Å². The van der Waals surface area contributed by atoms with Gasteiger partial charge in [0.1, 0.15) is 5.82 Å². The van der Waals surface area contributed by atoms with Crippen molar-refractivity contribution >= 4 is 0 Å². The van der Waals surface area contributed by atoms with E-state index in [2.05, 4.69) is 32.9 Å². The number of allylic oxidation sites excluding steroid dienone is 2. The van der Waals surface area contributed by atoms with E-state index in [1.54, 1.807) is 6.07 Å². The fraction of sp³-hybridized carbons (Fsp3) is 0.500. The molecule has 0 spiro atoms. The van der Waals surface area contributed by atoms with Gasteiger partial charge in [-0.2, -0.15) is 0 Å². The van der Waals surface area contributed by atoms with Crippen LogP contribution in [0.3, 0.4) is 0 Å². The zero-order valence-electron chi connectivity index (χ0n) is 11.1. The Hall–Kier alpha value is -1.11. The van der Waals surface area contributed by atoms with Gasteiger partial charge in [-0.25, -0.2) is 4.39 Å². The topological polar surface area (TPSA) is 0 Å². The Morgan fingerprint density at radius 3 is 2.41 bits per heavy atom. The second kappa shape index (κ2) is 4.64. The second-order valence-corrected chi connectivity index (χ2v) is 5.51. The lowest BCUT2D eigenvalue weighted by Crippen LogP contribution is -2.25. The number of hydrogen-bond acceptors (Lipinski definition) is 0. The lowest BCUT2D eigenvalue weighted by atomic mass is 9.70. The first kappa shape index (κ1) is 12.3. The van der Waals surface area contributed by atoms with E-state index in [1.807, 2.05) is 19.1 Å². The fourth-order valence-electron chi connectivity index (χ4n) is 2.76. The normalized spacial score (nSPS) is 32.8. The van der Waals surface area contributed by atoms with Crippen LogP contribution in [0.4, 0.5) is 4.39 Å². The summed E-state index contributed by atoms with van der Waals surface area (Å²) in [6, 6.07) is 5.42. The summed E-state index contributed by atoms with van der Waals surface area (Å²) in [5, 5.41) is 0. The predicted molar refractivity (Wildman–Crippen MR) is 70.5 cm³/mol. The molecule has 0 aliphatic heterocycles. The highest BCUT2D eigenvalue weighted by Gasteiger charge is 2.30. The first-order valence-electron chi connectivity index (χ1n) is 6.45. The molecule has 2 rings (SSSR count). The molecule has 0 heterocycles. The van der Waals surface area contributed by atoms with Gasteiger partial charge in [0.05, 0.1) is 0 Å². The third-order valence-electron chi connectivity index (χ3n) is 4.36. The van der Waals surface area contributed by atoms with Gasteiger partial charge in [-0.1, -0.05) is 50.6 Å². The van der Waals surface area contributed by atoms with E-state index >= 15 is 0 Å². The van der Waals surface area contributed by atoms with Crippen molar-refractivity contribution in [3.63, 3.8) is 0 Å². The SMILES string of the molecule is Cc1ccc(F)c([C@@H]2C=CC(C)C(C)C2C)c1. The van der Waals surface area contributed by atoms with Gasteiger partial charge < -0.3 is 0 Å². The second-order valence-electron chi connectivity index (χ2n) is 5.51. The molecule has 17 heavy (non-hydrogen) atoms. The fourth-order valence-corrected chi connectivity index (χ4v) is 2.76. The smallest absolute Gasteiger partial charge is 0.127 e. The third kappa shape index (κ3) is 2.29. The highest BCUT2D eigenvalue weighted by atomic mass is 19.1. The van der Waals surface area contributed by atoms with Crippen LogP contribution in [0.15, 0.2) is 30.4 Å². The Morgan fingerprint density at radius 2 is 1.71 bits per heavy atom. The van der Waals surface area contributed by atoms with Gasteiger partial charge in [0.25, 0.3) is 0 Å². The molecule has 1 aromatic carbocycles. The van der Waals surface area contributed by atoms with Gasteiger partial charge in [-0.05, 0) is 36.3 Å². The molecule has 0 saturated heterocycles. The van der Waals surface area contributed by atoms with Crippen molar-refractivity contribution in [2.24, 2.45) is 17.8 Å². The zero-order valence-corrected chi connectivity index (χ0v) is 11.1. The lowest BCUT2D eigenvalue weighted by Gasteiger charge is -2.34. The molecule has 1 heteroatoms. The molecular weight excluding hydrogens is 211 g/mol. The predicted octanol–water partition coefficient (Wildman–Crippen LogP) is 4.70. The van der Waals surface area contributed by atoms with Crippen LogP contribution in [-0.4, -0.2) is 0 Å². The Balaban J connectivity index is 2.40. The molecule has 1 aliphatic carbocycles. The average molecular weight is 232 g/mol. The molecule has 0 saturated carbocycles. The molecule has 0 fully saturated rings. The summed E-state index contributed by atoms with van der Waals surface area (Å²) < 4.78 is 13.9. The summed E-state index contributed by atoms with van der Waals surface area (Å²) in [6.45, 7) is 8.75. The molecule has 1 aliphatic rings. The van der Waals surface area contributed by atoms with Crippen molar-refractivity contribution in [2.45, 2.75) is 33.6 Å². The zero-order chi connectivity index (χ0) is 12.6. The minimum Gasteiger partial charge on any atom is -0.207 e. The molecule has 0 nitrogen and oxygen atoms in total. The third-order valence-corrected chi connectivity index (χ3v) is 4.36. The van der Waals surface area contributed by atoms with E-state index in [0.717, 1.165) is 11.1 Å². The molecule has 4 atom stereocenters. The quantitative estimate of drug-likeness (QED) is 0.616. The highest BCUT2D eigenvalue weighted by molar-refractivity contribution is 5.32. The first-order valence-corrected chi connectivity index (χ1v) is 6.45. The van der Waals surface area contributed by atoms with Gasteiger partial charge in [-0.15, -0.1) is 0 Å². The summed E-state index contributed by atoms with van der Waals surface area (Å²) in [5.41, 5.74) is 1.99. The van der Waals surface area contributed by atoms with E-state index < -0.39 is 0 Å². The summed E-state index contributed by atoms with van der Waals surface area (Å²) in [6.07, 6.45) is 4.42. The van der Waals surface area contributed by atoms with Gasteiger partial charge >= 0.3 is 0 Å². The molecule has 0 amide bonds. The van der Waals surface area contributed by atoms with Crippen LogP contribution < -0.4 is 0 Å². The standard InChI is InChI=1S/C16H21F/c1-10-5-8-16(17)15(9-10)14-7-6-11(2)12(3)13(14)4/h5-9,11-14H,1-4H3/t11?,12?,13?,14-/m1/s1. The summed E-state index contributed by atoms with van der Waals surface area (Å²) >= 11 is 0. The number of hydrogen-bond donors (Lipinski definition) is 0. The summed E-state index contributed by atoms with van der Waals surface area (Å²) in [5.74, 6) is 1.84. The van der Waals surface area contributed by atoms with Crippen LogP contribution in [0.1, 0.15) is 37.8 Å². The first-order chi connectivity index (χ1) is 8.00. The number of aryl methyl sites for hydroxylation is 1. The Kier molecular flexibility index (Phi) is 3.37.